The van der Waals surface area contributed by atoms with Gasteiger partial charge in [-0.15, -0.1) is 0 Å². The van der Waals surface area contributed by atoms with E-state index in [2.05, 4.69) is 5.32 Å². The van der Waals surface area contributed by atoms with Gasteiger partial charge in [0, 0.05) is 31.6 Å². The topological polar surface area (TPSA) is 58.6 Å². The molecule has 0 aromatic heterocycles. The number of ether oxygens (including phenoxy) is 1. The van der Waals surface area contributed by atoms with Crippen LogP contribution in [0.1, 0.15) is 33.1 Å². The van der Waals surface area contributed by atoms with E-state index >= 15 is 0 Å². The minimum absolute atomic E-state index is 0.00897. The molecule has 114 valence electrons. The molecule has 5 nitrogen and oxygen atoms in total. The second-order valence-corrected chi connectivity index (χ2v) is 5.19. The number of carbonyl (C=O) groups excluding carboxylic acids is 2. The van der Waals surface area contributed by atoms with Gasteiger partial charge in [0.1, 0.15) is 5.75 Å². The van der Waals surface area contributed by atoms with Crippen LogP contribution in [0.2, 0.25) is 0 Å². The van der Waals surface area contributed by atoms with E-state index in [-0.39, 0.29) is 11.8 Å². The normalized spacial score (nSPS) is 13.6. The van der Waals surface area contributed by atoms with Crippen LogP contribution in [0.15, 0.2) is 24.3 Å². The first-order chi connectivity index (χ1) is 10.1. The van der Waals surface area contributed by atoms with Gasteiger partial charge in [-0.2, -0.15) is 0 Å². The third-order valence-electron chi connectivity index (χ3n) is 3.34. The summed E-state index contributed by atoms with van der Waals surface area (Å²) in [6, 6.07) is 7.70. The molecule has 0 aliphatic heterocycles. The van der Waals surface area contributed by atoms with E-state index in [0.717, 1.165) is 24.3 Å². The van der Waals surface area contributed by atoms with Crippen LogP contribution < -0.4 is 15.0 Å². The number of nitrogens with one attached hydrogen (secondary N) is 1. The molecule has 0 unspecified atom stereocenters. The van der Waals surface area contributed by atoms with Gasteiger partial charge in [-0.05, 0) is 44.0 Å². The summed E-state index contributed by atoms with van der Waals surface area (Å²) in [5.41, 5.74) is 0.783. The van der Waals surface area contributed by atoms with Gasteiger partial charge in [0.15, 0.2) is 0 Å². The third-order valence-corrected chi connectivity index (χ3v) is 3.34. The molecule has 1 N–H and O–H groups in total. The number of benzene rings is 1. The predicted octanol–water partition coefficient (Wildman–Crippen LogP) is 2.11. The predicted molar refractivity (Wildman–Crippen MR) is 81.4 cm³/mol. The number of carbonyl (C=O) groups is 2. The highest BCUT2D eigenvalue weighted by molar-refractivity contribution is 5.92. The lowest BCUT2D eigenvalue weighted by Gasteiger charge is -2.21. The van der Waals surface area contributed by atoms with Gasteiger partial charge in [-0.3, -0.25) is 9.59 Å². The van der Waals surface area contributed by atoms with Gasteiger partial charge in [-0.25, -0.2) is 0 Å². The summed E-state index contributed by atoms with van der Waals surface area (Å²) in [4.78, 5) is 25.1. The Labute approximate surface area is 125 Å². The molecule has 0 spiro atoms. The molecule has 2 amide bonds. The zero-order valence-corrected chi connectivity index (χ0v) is 12.6. The Morgan fingerprint density at radius 3 is 2.48 bits per heavy atom. The van der Waals surface area contributed by atoms with Crippen LogP contribution in [0.4, 0.5) is 5.69 Å². The highest BCUT2D eigenvalue weighted by Gasteiger charge is 2.23. The number of anilines is 1. The van der Waals surface area contributed by atoms with Crippen molar-refractivity contribution in [2.75, 3.05) is 18.1 Å². The summed E-state index contributed by atoms with van der Waals surface area (Å²) < 4.78 is 5.38. The van der Waals surface area contributed by atoms with Gasteiger partial charge in [-0.1, -0.05) is 0 Å². The first-order valence-electron chi connectivity index (χ1n) is 7.40. The van der Waals surface area contributed by atoms with Gasteiger partial charge >= 0.3 is 0 Å². The number of rotatable bonds is 7. The van der Waals surface area contributed by atoms with Gasteiger partial charge in [0.05, 0.1) is 6.61 Å². The van der Waals surface area contributed by atoms with Crippen molar-refractivity contribution in [3.05, 3.63) is 24.3 Å². The van der Waals surface area contributed by atoms with Crippen LogP contribution in [0.5, 0.6) is 5.75 Å². The number of nitrogens with zero attached hydrogens (tertiary/aromatic N) is 1. The van der Waals surface area contributed by atoms with Gasteiger partial charge < -0.3 is 15.0 Å². The highest BCUT2D eigenvalue weighted by atomic mass is 16.5. The first kappa shape index (κ1) is 15.4. The zero-order chi connectivity index (χ0) is 15.2. The Morgan fingerprint density at radius 2 is 1.95 bits per heavy atom. The Balaban J connectivity index is 1.93. The quantitative estimate of drug-likeness (QED) is 0.836. The average Bonchev–Trinajstić information content (AvgIpc) is 3.24. The lowest BCUT2D eigenvalue weighted by atomic mass is 10.2. The Bertz CT molecular complexity index is 495. The molecule has 0 radical (unpaired) electrons. The smallest absolute Gasteiger partial charge is 0.223 e. The fourth-order valence-corrected chi connectivity index (χ4v) is 2.10. The summed E-state index contributed by atoms with van der Waals surface area (Å²) >= 11 is 0. The molecule has 1 fully saturated rings. The second kappa shape index (κ2) is 7.11. The maximum atomic E-state index is 11.8. The largest absolute Gasteiger partial charge is 0.494 e. The molecule has 0 heterocycles. The maximum absolute atomic E-state index is 11.8. The van der Waals surface area contributed by atoms with Crippen molar-refractivity contribution >= 4 is 17.5 Å². The fraction of sp³-hybridized carbons (Fsp3) is 0.500. The van der Waals surface area contributed by atoms with E-state index in [1.54, 1.807) is 4.90 Å². The molecule has 0 atom stereocenters. The third kappa shape index (κ3) is 4.77. The minimum Gasteiger partial charge on any atom is -0.494 e. The van der Waals surface area contributed by atoms with Crippen molar-refractivity contribution in [1.29, 1.82) is 0 Å². The Morgan fingerprint density at radius 1 is 1.29 bits per heavy atom. The second-order valence-electron chi connectivity index (χ2n) is 5.19. The molecular weight excluding hydrogens is 268 g/mol. The summed E-state index contributed by atoms with van der Waals surface area (Å²) in [5, 5.41) is 2.93. The van der Waals surface area contributed by atoms with Crippen molar-refractivity contribution in [2.45, 2.75) is 39.2 Å². The average molecular weight is 290 g/mol. The van der Waals surface area contributed by atoms with Crippen LogP contribution in [-0.2, 0) is 9.59 Å². The first-order valence-corrected chi connectivity index (χ1v) is 7.40. The van der Waals surface area contributed by atoms with E-state index in [9.17, 15) is 9.59 Å². The number of hydrogen-bond acceptors (Lipinski definition) is 3. The molecule has 21 heavy (non-hydrogen) atoms. The van der Waals surface area contributed by atoms with E-state index in [4.69, 9.17) is 4.74 Å². The van der Waals surface area contributed by atoms with Crippen molar-refractivity contribution in [3.63, 3.8) is 0 Å². The van der Waals surface area contributed by atoms with E-state index in [0.29, 0.717) is 25.6 Å². The van der Waals surface area contributed by atoms with Crippen LogP contribution in [0.25, 0.3) is 0 Å². The zero-order valence-electron chi connectivity index (χ0n) is 12.6. The van der Waals surface area contributed by atoms with Crippen molar-refractivity contribution in [3.8, 4) is 5.75 Å². The molecule has 0 bridgehead atoms. The monoisotopic (exact) mass is 290 g/mol. The lowest BCUT2D eigenvalue weighted by Crippen LogP contribution is -2.34. The van der Waals surface area contributed by atoms with Gasteiger partial charge in [0.25, 0.3) is 0 Å². The molecule has 0 saturated heterocycles. The van der Waals surface area contributed by atoms with Crippen molar-refractivity contribution in [2.24, 2.45) is 0 Å². The van der Waals surface area contributed by atoms with Crippen LogP contribution >= 0.6 is 0 Å². The number of amides is 2. The van der Waals surface area contributed by atoms with Crippen LogP contribution in [0.3, 0.4) is 0 Å². The van der Waals surface area contributed by atoms with Crippen molar-refractivity contribution < 1.29 is 14.3 Å². The van der Waals surface area contributed by atoms with Crippen molar-refractivity contribution in [1.82, 2.24) is 5.32 Å². The van der Waals surface area contributed by atoms with Crippen LogP contribution in [0, 0.1) is 0 Å². The highest BCUT2D eigenvalue weighted by Crippen LogP contribution is 2.21. The summed E-state index contributed by atoms with van der Waals surface area (Å²) in [6.45, 7) is 4.43. The van der Waals surface area contributed by atoms with Crippen LogP contribution in [-0.4, -0.2) is 31.0 Å². The molecule has 5 heteroatoms. The number of hydrogen-bond donors (Lipinski definition) is 1. The lowest BCUT2D eigenvalue weighted by molar-refractivity contribution is -0.121. The molecule has 2 rings (SSSR count). The minimum atomic E-state index is -0.0709. The Hall–Kier alpha value is -2.04. The fourth-order valence-electron chi connectivity index (χ4n) is 2.10. The maximum Gasteiger partial charge on any atom is 0.223 e. The molecule has 1 aromatic rings. The summed E-state index contributed by atoms with van der Waals surface area (Å²) in [7, 11) is 0. The molecule has 1 aliphatic carbocycles. The van der Waals surface area contributed by atoms with E-state index in [1.165, 1.54) is 6.92 Å². The molecule has 1 aliphatic rings. The standard InChI is InChI=1S/C16H22N2O3/c1-3-21-15-8-6-14(7-9-15)18(12(2)19)11-10-16(20)17-13-4-5-13/h6-9,13H,3-5,10-11H2,1-2H3,(H,17,20). The molecular formula is C16H22N2O3. The van der Waals surface area contributed by atoms with E-state index in [1.807, 2.05) is 31.2 Å². The van der Waals surface area contributed by atoms with E-state index < -0.39 is 0 Å². The molecule has 1 saturated carbocycles. The molecule has 1 aromatic carbocycles. The summed E-state index contributed by atoms with van der Waals surface area (Å²) in [6.07, 6.45) is 2.46. The van der Waals surface area contributed by atoms with Gasteiger partial charge in [0.2, 0.25) is 11.8 Å². The Kier molecular flexibility index (Phi) is 5.20. The summed E-state index contributed by atoms with van der Waals surface area (Å²) in [5.74, 6) is 0.712. The SMILES string of the molecule is CCOc1ccc(N(CCC(=O)NC2CC2)C(C)=O)cc1.